The number of ether oxygens (including phenoxy) is 3. The Hall–Kier alpha value is -0.980. The fourth-order valence-electron chi connectivity index (χ4n) is 2.74. The van der Waals surface area contributed by atoms with Crippen LogP contribution in [0.15, 0.2) is 16.6 Å². The molecule has 7 heteroatoms. The lowest BCUT2D eigenvalue weighted by atomic mass is 10.2. The summed E-state index contributed by atoms with van der Waals surface area (Å²) in [5, 5.41) is 0.522. The molecule has 0 radical (unpaired) electrons. The molecule has 0 bridgehead atoms. The Kier molecular flexibility index (Phi) is 5.96. The smallest absolute Gasteiger partial charge is 0.413 e. The predicted molar refractivity (Wildman–Crippen MR) is 101 cm³/mol. The minimum absolute atomic E-state index is 0.260. The SMILES string of the molecule is Cc1cc(Br)cc(Cl)c1OC[C@H]1COC(C)(C)N1C(=O)OC(C)(C)C. The summed E-state index contributed by atoms with van der Waals surface area (Å²) in [7, 11) is 0. The van der Waals surface area contributed by atoms with Gasteiger partial charge in [0.2, 0.25) is 0 Å². The van der Waals surface area contributed by atoms with Gasteiger partial charge in [-0.15, -0.1) is 0 Å². The van der Waals surface area contributed by atoms with Gasteiger partial charge >= 0.3 is 6.09 Å². The highest BCUT2D eigenvalue weighted by Gasteiger charge is 2.46. The van der Waals surface area contributed by atoms with E-state index >= 15 is 0 Å². The quantitative estimate of drug-likeness (QED) is 0.659. The number of hydrogen-bond acceptors (Lipinski definition) is 4. The maximum atomic E-state index is 12.6. The molecule has 0 saturated carbocycles. The van der Waals surface area contributed by atoms with Crippen LogP contribution in [-0.4, -0.2) is 41.6 Å². The minimum Gasteiger partial charge on any atom is -0.490 e. The number of carbonyl (C=O) groups excluding carboxylic acids is 1. The fourth-order valence-corrected chi connectivity index (χ4v) is 3.76. The van der Waals surface area contributed by atoms with Gasteiger partial charge in [0.15, 0.2) is 0 Å². The molecule has 0 unspecified atom stereocenters. The average molecular weight is 435 g/mol. The molecule has 1 heterocycles. The Balaban J connectivity index is 2.14. The summed E-state index contributed by atoms with van der Waals surface area (Å²) in [6, 6.07) is 3.45. The van der Waals surface area contributed by atoms with Crippen molar-refractivity contribution >= 4 is 33.6 Å². The van der Waals surface area contributed by atoms with Gasteiger partial charge in [-0.25, -0.2) is 4.79 Å². The van der Waals surface area contributed by atoms with Crippen LogP contribution in [0.2, 0.25) is 5.02 Å². The van der Waals surface area contributed by atoms with Crippen molar-refractivity contribution in [1.29, 1.82) is 0 Å². The monoisotopic (exact) mass is 433 g/mol. The Bertz CT molecular complexity index is 634. The van der Waals surface area contributed by atoms with Crippen molar-refractivity contribution in [3.8, 4) is 5.75 Å². The molecule has 1 fully saturated rings. The average Bonchev–Trinajstić information content (AvgIpc) is 2.70. The van der Waals surface area contributed by atoms with E-state index in [0.29, 0.717) is 17.4 Å². The number of rotatable bonds is 3. The molecule has 5 nitrogen and oxygen atoms in total. The molecular formula is C18H25BrClNO4. The summed E-state index contributed by atoms with van der Waals surface area (Å²) in [5.41, 5.74) is -0.414. The number of aryl methyl sites for hydroxylation is 1. The number of amides is 1. The van der Waals surface area contributed by atoms with Gasteiger partial charge in [0.25, 0.3) is 0 Å². The highest BCUT2D eigenvalue weighted by Crippen LogP contribution is 2.34. The Morgan fingerprint density at radius 2 is 2.08 bits per heavy atom. The topological polar surface area (TPSA) is 48.0 Å². The first-order valence-corrected chi connectivity index (χ1v) is 9.32. The van der Waals surface area contributed by atoms with Crippen molar-refractivity contribution in [3.63, 3.8) is 0 Å². The lowest BCUT2D eigenvalue weighted by Crippen LogP contribution is -2.51. The van der Waals surface area contributed by atoms with Crippen LogP contribution in [-0.2, 0) is 9.47 Å². The maximum Gasteiger partial charge on any atom is 0.413 e. The van der Waals surface area contributed by atoms with Crippen molar-refractivity contribution in [2.75, 3.05) is 13.2 Å². The first-order valence-electron chi connectivity index (χ1n) is 8.15. The molecule has 2 rings (SSSR count). The van der Waals surface area contributed by atoms with E-state index in [1.807, 2.05) is 47.6 Å². The Labute approximate surface area is 162 Å². The van der Waals surface area contributed by atoms with E-state index in [-0.39, 0.29) is 12.6 Å². The number of nitrogens with zero attached hydrogens (tertiary/aromatic N) is 1. The molecule has 1 aromatic rings. The van der Waals surface area contributed by atoms with Gasteiger partial charge in [0.1, 0.15) is 23.7 Å². The second-order valence-corrected chi connectivity index (χ2v) is 8.93. The molecule has 1 aliphatic heterocycles. The van der Waals surface area contributed by atoms with Crippen molar-refractivity contribution < 1.29 is 19.0 Å². The van der Waals surface area contributed by atoms with Crippen LogP contribution >= 0.6 is 27.5 Å². The van der Waals surface area contributed by atoms with Gasteiger partial charge in [0.05, 0.1) is 17.7 Å². The molecule has 0 aromatic heterocycles. The molecule has 0 spiro atoms. The van der Waals surface area contributed by atoms with Gasteiger partial charge in [-0.1, -0.05) is 27.5 Å². The lowest BCUT2D eigenvalue weighted by molar-refractivity contribution is -0.0637. The molecule has 1 atom stereocenters. The van der Waals surface area contributed by atoms with Crippen molar-refractivity contribution in [3.05, 3.63) is 27.2 Å². The van der Waals surface area contributed by atoms with Gasteiger partial charge in [0, 0.05) is 4.47 Å². The van der Waals surface area contributed by atoms with Crippen LogP contribution in [0.5, 0.6) is 5.75 Å². The molecule has 1 aliphatic rings. The maximum absolute atomic E-state index is 12.6. The predicted octanol–water partition coefficient (Wildman–Crippen LogP) is 5.16. The normalized spacial score (nSPS) is 19.8. The zero-order valence-electron chi connectivity index (χ0n) is 15.5. The molecule has 25 heavy (non-hydrogen) atoms. The number of hydrogen-bond donors (Lipinski definition) is 0. The van der Waals surface area contributed by atoms with Crippen molar-refractivity contribution in [1.82, 2.24) is 4.90 Å². The molecule has 1 saturated heterocycles. The Morgan fingerprint density at radius 1 is 1.44 bits per heavy atom. The second kappa shape index (κ2) is 7.33. The van der Waals surface area contributed by atoms with Crippen molar-refractivity contribution in [2.45, 2.75) is 58.9 Å². The molecular weight excluding hydrogens is 410 g/mol. The number of carbonyl (C=O) groups is 1. The fraction of sp³-hybridized carbons (Fsp3) is 0.611. The summed E-state index contributed by atoms with van der Waals surface area (Å²) in [6.45, 7) is 11.8. The van der Waals surface area contributed by atoms with Crippen LogP contribution in [0.4, 0.5) is 4.79 Å². The third-order valence-corrected chi connectivity index (χ3v) is 4.52. The standard InChI is InChI=1S/C18H25BrClNO4/c1-11-7-12(19)8-14(20)15(11)23-9-13-10-24-18(5,6)21(13)16(22)25-17(2,3)4/h7-8,13H,9-10H2,1-6H3/t13-/m0/s1. The van der Waals surface area contributed by atoms with Crippen LogP contribution in [0, 0.1) is 6.92 Å². The third kappa shape index (κ3) is 5.02. The van der Waals surface area contributed by atoms with Gasteiger partial charge in [-0.05, 0) is 59.2 Å². The van der Waals surface area contributed by atoms with Gasteiger partial charge in [-0.2, -0.15) is 0 Å². The van der Waals surface area contributed by atoms with E-state index in [9.17, 15) is 4.79 Å². The van der Waals surface area contributed by atoms with E-state index in [2.05, 4.69) is 15.9 Å². The van der Waals surface area contributed by atoms with Crippen LogP contribution in [0.1, 0.15) is 40.2 Å². The zero-order chi connectivity index (χ0) is 19.0. The summed E-state index contributed by atoms with van der Waals surface area (Å²) < 4.78 is 18.1. The van der Waals surface area contributed by atoms with Crippen LogP contribution < -0.4 is 4.74 Å². The van der Waals surface area contributed by atoms with E-state index in [4.69, 9.17) is 25.8 Å². The van der Waals surface area contributed by atoms with Gasteiger partial charge in [-0.3, -0.25) is 4.90 Å². The highest BCUT2D eigenvalue weighted by atomic mass is 79.9. The summed E-state index contributed by atoms with van der Waals surface area (Å²) >= 11 is 9.68. The van der Waals surface area contributed by atoms with E-state index in [1.165, 1.54) is 0 Å². The van der Waals surface area contributed by atoms with E-state index in [0.717, 1.165) is 10.0 Å². The van der Waals surface area contributed by atoms with Crippen LogP contribution in [0.3, 0.4) is 0 Å². The van der Waals surface area contributed by atoms with E-state index < -0.39 is 17.4 Å². The number of benzene rings is 1. The Morgan fingerprint density at radius 3 is 2.64 bits per heavy atom. The first kappa shape index (κ1) is 20.3. The highest BCUT2D eigenvalue weighted by molar-refractivity contribution is 9.10. The molecule has 1 aromatic carbocycles. The van der Waals surface area contributed by atoms with E-state index in [1.54, 1.807) is 11.0 Å². The largest absolute Gasteiger partial charge is 0.490 e. The summed E-state index contributed by atoms with van der Waals surface area (Å²) in [4.78, 5) is 14.2. The van der Waals surface area contributed by atoms with Gasteiger partial charge < -0.3 is 14.2 Å². The molecule has 1 amide bonds. The molecule has 0 N–H and O–H groups in total. The number of halogens is 2. The first-order chi connectivity index (χ1) is 11.4. The minimum atomic E-state index is -0.755. The summed E-state index contributed by atoms with van der Waals surface area (Å²) in [5.74, 6) is 0.610. The van der Waals surface area contributed by atoms with Crippen LogP contribution in [0.25, 0.3) is 0 Å². The third-order valence-electron chi connectivity index (χ3n) is 3.78. The van der Waals surface area contributed by atoms with Crippen molar-refractivity contribution in [2.24, 2.45) is 0 Å². The lowest BCUT2D eigenvalue weighted by Gasteiger charge is -2.35. The zero-order valence-corrected chi connectivity index (χ0v) is 17.8. The second-order valence-electron chi connectivity index (χ2n) is 7.61. The molecule has 140 valence electrons. The summed E-state index contributed by atoms with van der Waals surface area (Å²) in [6.07, 6.45) is -0.415. The molecule has 0 aliphatic carbocycles.